The molecule has 3 N–H and O–H groups in total. The molecule has 2 atom stereocenters. The Labute approximate surface area is 158 Å². The predicted molar refractivity (Wildman–Crippen MR) is 103 cm³/mol. The first kappa shape index (κ1) is 18.2. The van der Waals surface area contributed by atoms with Crippen LogP contribution in [0, 0.1) is 34.0 Å². The molecule has 0 spiro atoms. The van der Waals surface area contributed by atoms with Crippen molar-refractivity contribution in [2.24, 2.45) is 17.1 Å². The zero-order valence-electron chi connectivity index (χ0n) is 15.3. The summed E-state index contributed by atoms with van der Waals surface area (Å²) in [7, 11) is 0. The molecule has 1 aliphatic heterocycles. The summed E-state index contributed by atoms with van der Waals surface area (Å²) in [5.41, 5.74) is 8.65. The van der Waals surface area contributed by atoms with Gasteiger partial charge in [0, 0.05) is 22.6 Å². The van der Waals surface area contributed by atoms with E-state index in [0.29, 0.717) is 34.5 Å². The molecular formula is C22H20N4O. The molecule has 5 heteroatoms. The van der Waals surface area contributed by atoms with Gasteiger partial charge in [-0.15, -0.1) is 0 Å². The number of hydrogen-bond acceptors (Lipinski definition) is 4. The maximum absolute atomic E-state index is 11.7. The molecule has 1 amide bonds. The van der Waals surface area contributed by atoms with Crippen LogP contribution in [0.5, 0.6) is 0 Å². The number of allylic oxidation sites excluding steroid dienone is 6. The molecule has 3 rings (SSSR count). The van der Waals surface area contributed by atoms with E-state index in [2.05, 4.69) is 17.5 Å². The van der Waals surface area contributed by atoms with Gasteiger partial charge in [0.15, 0.2) is 0 Å². The lowest BCUT2D eigenvalue weighted by atomic mass is 9.63. The number of nitrogens with two attached hydrogens (primary N) is 1. The van der Waals surface area contributed by atoms with Crippen LogP contribution in [0.2, 0.25) is 0 Å². The third kappa shape index (κ3) is 3.16. The molecule has 0 saturated carbocycles. The van der Waals surface area contributed by atoms with Crippen molar-refractivity contribution >= 4 is 11.6 Å². The maximum atomic E-state index is 11.7. The summed E-state index contributed by atoms with van der Waals surface area (Å²) in [6, 6.07) is 14.2. The molecule has 0 saturated heterocycles. The van der Waals surface area contributed by atoms with Crippen molar-refractivity contribution in [3.63, 3.8) is 0 Å². The van der Waals surface area contributed by atoms with Gasteiger partial charge in [-0.1, -0.05) is 55.5 Å². The number of rotatable bonds is 3. The molecule has 0 bridgehead atoms. The Hall–Kier alpha value is -3.57. The van der Waals surface area contributed by atoms with Gasteiger partial charge in [-0.25, -0.2) is 0 Å². The second-order valence-electron chi connectivity index (χ2n) is 7.07. The number of nitrogens with zero attached hydrogens (tertiary/aromatic N) is 2. The normalized spacial score (nSPS) is 24.6. The van der Waals surface area contributed by atoms with Crippen LogP contribution in [0.3, 0.4) is 0 Å². The summed E-state index contributed by atoms with van der Waals surface area (Å²) >= 11 is 0. The molecule has 1 aromatic rings. The lowest BCUT2D eigenvalue weighted by Gasteiger charge is -2.40. The molecule has 0 aromatic heterocycles. The lowest BCUT2D eigenvalue weighted by molar-refractivity contribution is -0.114. The van der Waals surface area contributed by atoms with Crippen LogP contribution >= 0.6 is 0 Å². The Balaban J connectivity index is 2.19. The number of primary amides is 1. The number of carbonyl (C=O) groups is 1. The topological polar surface area (TPSA) is 103 Å². The van der Waals surface area contributed by atoms with Crippen molar-refractivity contribution in [1.29, 1.82) is 10.5 Å². The molecule has 2 unspecified atom stereocenters. The predicted octanol–water partition coefficient (Wildman–Crippen LogP) is 3.32. The maximum Gasteiger partial charge on any atom is 0.244 e. The summed E-state index contributed by atoms with van der Waals surface area (Å²) in [5.74, 6) is -0.951. The van der Waals surface area contributed by atoms with E-state index in [4.69, 9.17) is 5.73 Å². The van der Waals surface area contributed by atoms with Crippen LogP contribution < -0.4 is 11.1 Å². The van der Waals surface area contributed by atoms with Crippen LogP contribution in [0.15, 0.2) is 71.0 Å². The highest BCUT2D eigenvalue weighted by molar-refractivity contribution is 5.92. The van der Waals surface area contributed by atoms with Crippen molar-refractivity contribution < 1.29 is 4.79 Å². The molecule has 1 heterocycles. The standard InChI is InChI=1S/C22H20N4O/c1-14-17(12-23)19(22(2)10-6-9-16(11-22)21(25)27)18(13-24)20(26-14)15-7-4-3-5-8-15/h3-10,19,26H,11H2,1-2H3,(H2,25,27). The summed E-state index contributed by atoms with van der Waals surface area (Å²) in [6.45, 7) is 3.80. The van der Waals surface area contributed by atoms with Gasteiger partial charge in [0.1, 0.15) is 0 Å². The number of carbonyl (C=O) groups excluding carboxylic acids is 1. The number of benzene rings is 1. The van der Waals surface area contributed by atoms with Crippen LogP contribution in [0.1, 0.15) is 25.8 Å². The van der Waals surface area contributed by atoms with Crippen molar-refractivity contribution in [3.05, 3.63) is 76.5 Å². The molecule has 134 valence electrons. The summed E-state index contributed by atoms with van der Waals surface area (Å²) in [5, 5.41) is 23.1. The van der Waals surface area contributed by atoms with Crippen molar-refractivity contribution in [3.8, 4) is 12.1 Å². The number of hydrogen-bond donors (Lipinski definition) is 2. The second kappa shape index (κ2) is 6.97. The number of nitriles is 2. The zero-order valence-corrected chi connectivity index (χ0v) is 15.3. The van der Waals surface area contributed by atoms with Gasteiger partial charge >= 0.3 is 0 Å². The van der Waals surface area contributed by atoms with Gasteiger partial charge in [-0.2, -0.15) is 10.5 Å². The molecule has 5 nitrogen and oxygen atoms in total. The third-order valence-corrected chi connectivity index (χ3v) is 5.19. The Morgan fingerprint density at radius 1 is 1.22 bits per heavy atom. The average Bonchev–Trinajstić information content (AvgIpc) is 2.67. The minimum atomic E-state index is -0.612. The minimum Gasteiger partial charge on any atom is -0.366 e. The first-order chi connectivity index (χ1) is 12.9. The summed E-state index contributed by atoms with van der Waals surface area (Å²) < 4.78 is 0. The summed E-state index contributed by atoms with van der Waals surface area (Å²) in [4.78, 5) is 11.7. The van der Waals surface area contributed by atoms with E-state index >= 15 is 0 Å². The number of nitrogens with one attached hydrogen (secondary N) is 1. The molecule has 1 aromatic carbocycles. The Kier molecular flexibility index (Phi) is 4.71. The van der Waals surface area contributed by atoms with Crippen LogP contribution in [0.4, 0.5) is 0 Å². The Bertz CT molecular complexity index is 999. The van der Waals surface area contributed by atoms with E-state index in [1.807, 2.05) is 50.3 Å². The van der Waals surface area contributed by atoms with Crippen molar-refractivity contribution in [2.75, 3.05) is 0 Å². The quantitative estimate of drug-likeness (QED) is 0.867. The number of amides is 1. The lowest BCUT2D eigenvalue weighted by Crippen LogP contribution is -2.37. The van der Waals surface area contributed by atoms with E-state index < -0.39 is 17.2 Å². The molecule has 1 aliphatic carbocycles. The first-order valence-electron chi connectivity index (χ1n) is 8.67. The van der Waals surface area contributed by atoms with Gasteiger partial charge in [0.05, 0.1) is 29.0 Å². The fourth-order valence-corrected chi connectivity index (χ4v) is 3.87. The third-order valence-electron chi connectivity index (χ3n) is 5.19. The van der Waals surface area contributed by atoms with Crippen LogP contribution in [-0.2, 0) is 4.79 Å². The van der Waals surface area contributed by atoms with Gasteiger partial charge in [0.2, 0.25) is 5.91 Å². The highest BCUT2D eigenvalue weighted by Crippen LogP contribution is 2.49. The van der Waals surface area contributed by atoms with Crippen LogP contribution in [-0.4, -0.2) is 5.91 Å². The smallest absolute Gasteiger partial charge is 0.244 e. The largest absolute Gasteiger partial charge is 0.366 e. The first-order valence-corrected chi connectivity index (χ1v) is 8.67. The van der Waals surface area contributed by atoms with Gasteiger partial charge in [-0.05, 0) is 18.9 Å². The number of dihydropyridines is 1. The van der Waals surface area contributed by atoms with E-state index in [-0.39, 0.29) is 0 Å². The minimum absolute atomic E-state index is 0.370. The SMILES string of the molecule is CC1=C(C#N)C(C2(C)C=CC=C(C(N)=O)C2)C(C#N)=C(c2ccccc2)N1. The second-order valence-corrected chi connectivity index (χ2v) is 7.07. The van der Waals surface area contributed by atoms with Gasteiger partial charge in [-0.3, -0.25) is 4.79 Å². The highest BCUT2D eigenvalue weighted by Gasteiger charge is 2.43. The molecule has 27 heavy (non-hydrogen) atoms. The monoisotopic (exact) mass is 356 g/mol. The molecular weight excluding hydrogens is 336 g/mol. The summed E-state index contributed by atoms with van der Waals surface area (Å²) in [6.07, 6.45) is 5.81. The van der Waals surface area contributed by atoms with Crippen molar-refractivity contribution in [1.82, 2.24) is 5.32 Å². The highest BCUT2D eigenvalue weighted by atomic mass is 16.1. The average molecular weight is 356 g/mol. The molecule has 2 aliphatic rings. The molecule has 0 radical (unpaired) electrons. The van der Waals surface area contributed by atoms with E-state index in [9.17, 15) is 15.3 Å². The van der Waals surface area contributed by atoms with E-state index in [1.54, 1.807) is 12.2 Å². The molecule has 0 fully saturated rings. The van der Waals surface area contributed by atoms with Crippen LogP contribution in [0.25, 0.3) is 5.70 Å². The zero-order chi connectivity index (χ0) is 19.6. The Morgan fingerprint density at radius 2 is 1.89 bits per heavy atom. The van der Waals surface area contributed by atoms with Gasteiger partial charge < -0.3 is 11.1 Å². The van der Waals surface area contributed by atoms with Crippen molar-refractivity contribution in [2.45, 2.75) is 20.3 Å². The fraction of sp³-hybridized carbons (Fsp3) is 0.227. The van der Waals surface area contributed by atoms with E-state index in [1.165, 1.54) is 0 Å². The van der Waals surface area contributed by atoms with Gasteiger partial charge in [0.25, 0.3) is 0 Å². The Morgan fingerprint density at radius 3 is 2.48 bits per heavy atom. The van der Waals surface area contributed by atoms with E-state index in [0.717, 1.165) is 5.56 Å². The fourth-order valence-electron chi connectivity index (χ4n) is 3.87.